The molecular weight excluding hydrogens is 459 g/mol. The highest BCUT2D eigenvalue weighted by Gasteiger charge is 2.37. The second kappa shape index (κ2) is 9.05. The number of ketones is 1. The number of aromatic nitrogens is 2. The predicted molar refractivity (Wildman–Crippen MR) is 126 cm³/mol. The highest BCUT2D eigenvalue weighted by atomic mass is 32.2. The Morgan fingerprint density at radius 2 is 1.88 bits per heavy atom. The zero-order valence-electron chi connectivity index (χ0n) is 19.1. The van der Waals surface area contributed by atoms with Gasteiger partial charge in [0.2, 0.25) is 5.95 Å². The monoisotopic (exact) mass is 486 g/mol. The Kier molecular flexibility index (Phi) is 6.09. The summed E-state index contributed by atoms with van der Waals surface area (Å²) in [5.74, 6) is -0.319. The van der Waals surface area contributed by atoms with Crippen LogP contribution in [0.5, 0.6) is 5.75 Å². The van der Waals surface area contributed by atoms with Gasteiger partial charge in [-0.25, -0.2) is 14.4 Å². The van der Waals surface area contributed by atoms with Gasteiger partial charge in [-0.3, -0.25) is 13.8 Å². The maximum Gasteiger partial charge on any atom is 0.268 e. The molecule has 1 saturated carbocycles. The van der Waals surface area contributed by atoms with Gasteiger partial charge in [0.1, 0.15) is 11.6 Å². The maximum absolute atomic E-state index is 14.4. The van der Waals surface area contributed by atoms with E-state index in [1.165, 1.54) is 12.1 Å². The SMILES string of the molecule is CC(C)S(=O)C1CN(c2ncc(N3CCC(Oc4ccc(C(=O)C5CC5)c(F)c4)C3=O)cn2)C1. The lowest BCUT2D eigenvalue weighted by Gasteiger charge is -2.39. The molecule has 2 unspecified atom stereocenters. The fourth-order valence-electron chi connectivity index (χ4n) is 4.27. The van der Waals surface area contributed by atoms with Crippen molar-refractivity contribution < 1.29 is 22.9 Å². The summed E-state index contributed by atoms with van der Waals surface area (Å²) in [5, 5.41) is 0.263. The number of Topliss-reactive ketones (excluding diaryl/α,β-unsaturated/α-hetero) is 1. The topological polar surface area (TPSA) is 92.7 Å². The van der Waals surface area contributed by atoms with Crippen molar-refractivity contribution in [2.45, 2.75) is 49.7 Å². The molecule has 0 bridgehead atoms. The van der Waals surface area contributed by atoms with E-state index < -0.39 is 22.7 Å². The summed E-state index contributed by atoms with van der Waals surface area (Å²) >= 11 is 0. The number of ether oxygens (including phenoxy) is 1. The molecule has 3 heterocycles. The van der Waals surface area contributed by atoms with Crippen molar-refractivity contribution in [3.05, 3.63) is 42.0 Å². The summed E-state index contributed by atoms with van der Waals surface area (Å²) in [5.41, 5.74) is 0.648. The Bertz CT molecular complexity index is 1130. The molecule has 3 aliphatic rings. The Labute approximate surface area is 200 Å². The summed E-state index contributed by atoms with van der Waals surface area (Å²) in [6, 6.07) is 4.15. The van der Waals surface area contributed by atoms with Crippen LogP contribution >= 0.6 is 0 Å². The molecule has 0 radical (unpaired) electrons. The van der Waals surface area contributed by atoms with Crippen molar-refractivity contribution >= 4 is 34.1 Å². The smallest absolute Gasteiger partial charge is 0.268 e. The number of carbonyl (C=O) groups excluding carboxylic acids is 2. The van der Waals surface area contributed by atoms with Gasteiger partial charge in [-0.15, -0.1) is 0 Å². The number of rotatable bonds is 8. The zero-order chi connectivity index (χ0) is 24.0. The maximum atomic E-state index is 14.4. The van der Waals surface area contributed by atoms with Crippen LogP contribution in [0, 0.1) is 11.7 Å². The van der Waals surface area contributed by atoms with Gasteiger partial charge in [-0.2, -0.15) is 0 Å². The van der Waals surface area contributed by atoms with Crippen LogP contribution in [0.2, 0.25) is 0 Å². The van der Waals surface area contributed by atoms with Crippen molar-refractivity contribution in [3.8, 4) is 5.75 Å². The number of nitrogens with zero attached hydrogens (tertiary/aromatic N) is 4. The average Bonchev–Trinajstić information content (AvgIpc) is 3.57. The highest BCUT2D eigenvalue weighted by Crippen LogP contribution is 2.34. The molecule has 2 aromatic rings. The molecule has 2 aliphatic heterocycles. The molecule has 1 aromatic carbocycles. The number of benzene rings is 1. The normalized spacial score (nSPS) is 21.6. The Morgan fingerprint density at radius 1 is 1.18 bits per heavy atom. The van der Waals surface area contributed by atoms with Gasteiger partial charge in [0.15, 0.2) is 11.9 Å². The lowest BCUT2D eigenvalue weighted by molar-refractivity contribution is -0.122. The standard InChI is InChI=1S/C24H27FN4O4S/c1-14(2)34(32)18-12-28(13-18)24-26-10-16(11-27-24)29-8-7-21(23(29)31)33-17-5-6-19(20(25)9-17)22(30)15-3-4-15/h5-6,9-11,14-15,18,21H,3-4,7-8,12-13H2,1-2H3. The van der Waals surface area contributed by atoms with Crippen LogP contribution in [-0.2, 0) is 15.6 Å². The van der Waals surface area contributed by atoms with Crippen molar-refractivity contribution in [1.29, 1.82) is 0 Å². The first kappa shape index (κ1) is 22.9. The van der Waals surface area contributed by atoms with Crippen LogP contribution in [-0.4, -0.2) is 62.1 Å². The van der Waals surface area contributed by atoms with Crippen LogP contribution in [0.15, 0.2) is 30.6 Å². The van der Waals surface area contributed by atoms with Crippen LogP contribution in [0.3, 0.4) is 0 Å². The molecule has 0 spiro atoms. The molecule has 8 nitrogen and oxygen atoms in total. The summed E-state index contributed by atoms with van der Waals surface area (Å²) in [6.45, 7) is 5.66. The first-order valence-electron chi connectivity index (χ1n) is 11.6. The number of anilines is 2. The Balaban J connectivity index is 1.19. The van der Waals surface area contributed by atoms with Crippen LogP contribution < -0.4 is 14.5 Å². The van der Waals surface area contributed by atoms with Crippen LogP contribution in [0.25, 0.3) is 0 Å². The van der Waals surface area contributed by atoms with E-state index >= 15 is 0 Å². The van der Waals surface area contributed by atoms with Crippen LogP contribution in [0.1, 0.15) is 43.5 Å². The number of amides is 1. The van der Waals surface area contributed by atoms with E-state index in [2.05, 4.69) is 9.97 Å². The minimum absolute atomic E-state index is 0.0635. The van der Waals surface area contributed by atoms with Gasteiger partial charge < -0.3 is 14.5 Å². The van der Waals surface area contributed by atoms with Gasteiger partial charge in [-0.05, 0) is 25.0 Å². The molecule has 5 rings (SSSR count). The van der Waals surface area contributed by atoms with Gasteiger partial charge in [0, 0.05) is 54.1 Å². The molecule has 10 heteroatoms. The minimum atomic E-state index is -0.865. The number of halogens is 1. The minimum Gasteiger partial charge on any atom is -0.480 e. The average molecular weight is 487 g/mol. The van der Waals surface area contributed by atoms with E-state index in [9.17, 15) is 18.2 Å². The van der Waals surface area contributed by atoms with E-state index in [-0.39, 0.29) is 39.4 Å². The van der Waals surface area contributed by atoms with E-state index in [4.69, 9.17) is 4.74 Å². The summed E-state index contributed by atoms with van der Waals surface area (Å²) < 4.78 is 32.3. The van der Waals surface area contributed by atoms with E-state index in [1.807, 2.05) is 18.7 Å². The number of carbonyl (C=O) groups is 2. The molecule has 180 valence electrons. The molecule has 34 heavy (non-hydrogen) atoms. The van der Waals surface area contributed by atoms with E-state index in [0.717, 1.165) is 12.8 Å². The van der Waals surface area contributed by atoms with Crippen molar-refractivity contribution in [1.82, 2.24) is 9.97 Å². The lowest BCUT2D eigenvalue weighted by Crippen LogP contribution is -2.54. The summed E-state index contributed by atoms with van der Waals surface area (Å²) in [7, 11) is -0.865. The van der Waals surface area contributed by atoms with Gasteiger partial charge in [0.25, 0.3) is 5.91 Å². The number of hydrogen-bond donors (Lipinski definition) is 0. The number of hydrogen-bond acceptors (Lipinski definition) is 7. The molecule has 1 aliphatic carbocycles. The third-order valence-corrected chi connectivity index (χ3v) is 8.33. The predicted octanol–water partition coefficient (Wildman–Crippen LogP) is 2.74. The van der Waals surface area contributed by atoms with Gasteiger partial charge >= 0.3 is 0 Å². The highest BCUT2D eigenvalue weighted by molar-refractivity contribution is 7.86. The Hall–Kier alpha value is -2.88. The second-order valence-corrected chi connectivity index (χ2v) is 11.6. The molecule has 2 saturated heterocycles. The van der Waals surface area contributed by atoms with Crippen molar-refractivity contribution in [2.24, 2.45) is 5.92 Å². The molecule has 1 amide bonds. The molecule has 3 fully saturated rings. The fraction of sp³-hybridized carbons (Fsp3) is 0.500. The zero-order valence-corrected chi connectivity index (χ0v) is 20.0. The Morgan fingerprint density at radius 3 is 2.50 bits per heavy atom. The third kappa shape index (κ3) is 4.43. The van der Waals surface area contributed by atoms with Crippen molar-refractivity contribution in [3.63, 3.8) is 0 Å². The lowest BCUT2D eigenvalue weighted by atomic mass is 10.1. The quantitative estimate of drug-likeness (QED) is 0.530. The first-order valence-corrected chi connectivity index (χ1v) is 12.9. The van der Waals surface area contributed by atoms with Gasteiger partial charge in [0.05, 0.1) is 28.9 Å². The third-order valence-electron chi connectivity index (χ3n) is 6.45. The molecule has 1 aromatic heterocycles. The molecular formula is C24H27FN4O4S. The van der Waals surface area contributed by atoms with Crippen molar-refractivity contribution in [2.75, 3.05) is 29.4 Å². The van der Waals surface area contributed by atoms with Crippen LogP contribution in [0.4, 0.5) is 16.0 Å². The van der Waals surface area contributed by atoms with E-state index in [1.54, 1.807) is 23.4 Å². The molecule has 2 atom stereocenters. The van der Waals surface area contributed by atoms with Gasteiger partial charge in [-0.1, -0.05) is 13.8 Å². The molecule has 0 N–H and O–H groups in total. The fourth-order valence-corrected chi connectivity index (χ4v) is 5.69. The summed E-state index contributed by atoms with van der Waals surface area (Å²) in [4.78, 5) is 37.3. The first-order chi connectivity index (χ1) is 16.3. The summed E-state index contributed by atoms with van der Waals surface area (Å²) in [6.07, 6.45) is 4.53. The second-order valence-electron chi connectivity index (χ2n) is 9.31. The van der Waals surface area contributed by atoms with E-state index in [0.29, 0.717) is 37.7 Å². The largest absolute Gasteiger partial charge is 0.480 e.